The fourth-order valence-electron chi connectivity index (χ4n) is 2.42. The third-order valence-corrected chi connectivity index (χ3v) is 3.80. The number of hydrazone groups is 1. The number of carboxylic acid groups (broad SMARTS) is 2. The molecule has 0 spiro atoms. The van der Waals surface area contributed by atoms with Crippen molar-refractivity contribution in [3.8, 4) is 11.3 Å². The Hall–Kier alpha value is -4.47. The molecule has 10 nitrogen and oxygen atoms in total. The summed E-state index contributed by atoms with van der Waals surface area (Å²) in [6.07, 6.45) is 1.35. The van der Waals surface area contributed by atoms with Crippen molar-refractivity contribution >= 4 is 29.5 Å². The van der Waals surface area contributed by atoms with Crippen LogP contribution in [-0.4, -0.2) is 33.3 Å². The van der Waals surface area contributed by atoms with Crippen LogP contribution in [0.25, 0.3) is 11.3 Å². The average molecular weight is 395 g/mol. The number of nitro benzene ring substituents is 1. The van der Waals surface area contributed by atoms with E-state index in [4.69, 9.17) is 14.6 Å². The number of anilines is 1. The SMILES string of the molecule is O=C(O)c1cc(C(=O)O)cc(-c2ccc(C=NNc3ccc([N+](=O)[O-])cc3)o2)c1. The molecule has 2 aromatic carbocycles. The minimum Gasteiger partial charge on any atom is -0.478 e. The number of hydrogen-bond acceptors (Lipinski definition) is 7. The lowest BCUT2D eigenvalue weighted by molar-refractivity contribution is -0.384. The van der Waals surface area contributed by atoms with Crippen LogP contribution in [0.3, 0.4) is 0 Å². The van der Waals surface area contributed by atoms with Gasteiger partial charge in [0, 0.05) is 17.7 Å². The number of nitrogens with one attached hydrogen (secondary N) is 1. The first-order valence-corrected chi connectivity index (χ1v) is 8.09. The summed E-state index contributed by atoms with van der Waals surface area (Å²) in [4.78, 5) is 32.5. The second-order valence-corrected chi connectivity index (χ2v) is 5.79. The number of non-ortho nitro benzene ring substituents is 1. The van der Waals surface area contributed by atoms with Crippen LogP contribution >= 0.6 is 0 Å². The number of furan rings is 1. The standard InChI is InChI=1S/C19H13N3O7/c23-18(24)12-7-11(8-13(9-12)19(25)26)17-6-5-16(29-17)10-20-21-14-1-3-15(4-2-14)22(27)28/h1-10,21H,(H,23,24)(H,25,26). The van der Waals surface area contributed by atoms with Gasteiger partial charge < -0.3 is 14.6 Å². The van der Waals surface area contributed by atoms with E-state index in [1.807, 2.05) is 0 Å². The zero-order valence-electron chi connectivity index (χ0n) is 14.6. The second kappa shape index (κ2) is 8.05. The predicted molar refractivity (Wildman–Crippen MR) is 102 cm³/mol. The molecule has 0 saturated heterocycles. The molecular formula is C19H13N3O7. The molecule has 0 unspecified atom stereocenters. The van der Waals surface area contributed by atoms with Crippen LogP contribution in [0.4, 0.5) is 11.4 Å². The van der Waals surface area contributed by atoms with Gasteiger partial charge in [0.2, 0.25) is 0 Å². The number of benzene rings is 2. The molecule has 3 N–H and O–H groups in total. The van der Waals surface area contributed by atoms with E-state index in [9.17, 15) is 19.7 Å². The fourth-order valence-corrected chi connectivity index (χ4v) is 2.42. The van der Waals surface area contributed by atoms with Crippen LogP contribution in [0.2, 0.25) is 0 Å². The highest BCUT2D eigenvalue weighted by molar-refractivity contribution is 5.96. The lowest BCUT2D eigenvalue weighted by Gasteiger charge is -2.03. The van der Waals surface area contributed by atoms with E-state index in [1.54, 1.807) is 12.1 Å². The Labute approximate surface area is 162 Å². The van der Waals surface area contributed by atoms with Gasteiger partial charge in [0.05, 0.1) is 28.0 Å². The van der Waals surface area contributed by atoms with Gasteiger partial charge in [-0.05, 0) is 42.5 Å². The van der Waals surface area contributed by atoms with Gasteiger partial charge >= 0.3 is 11.9 Å². The van der Waals surface area contributed by atoms with E-state index < -0.39 is 16.9 Å². The molecule has 146 valence electrons. The van der Waals surface area contributed by atoms with Gasteiger partial charge in [-0.25, -0.2) is 9.59 Å². The second-order valence-electron chi connectivity index (χ2n) is 5.79. The van der Waals surface area contributed by atoms with Crippen molar-refractivity contribution in [1.29, 1.82) is 0 Å². The Morgan fingerprint density at radius 2 is 1.62 bits per heavy atom. The van der Waals surface area contributed by atoms with Crippen LogP contribution < -0.4 is 5.43 Å². The first-order chi connectivity index (χ1) is 13.8. The highest BCUT2D eigenvalue weighted by Crippen LogP contribution is 2.25. The molecule has 3 rings (SSSR count). The Balaban J connectivity index is 1.77. The van der Waals surface area contributed by atoms with E-state index in [0.29, 0.717) is 17.0 Å². The quantitative estimate of drug-likeness (QED) is 0.311. The van der Waals surface area contributed by atoms with E-state index in [2.05, 4.69) is 10.5 Å². The maximum absolute atomic E-state index is 11.2. The van der Waals surface area contributed by atoms with Crippen LogP contribution in [0.5, 0.6) is 0 Å². The summed E-state index contributed by atoms with van der Waals surface area (Å²) in [7, 11) is 0. The van der Waals surface area contributed by atoms with Gasteiger partial charge in [0.25, 0.3) is 5.69 Å². The number of aromatic carboxylic acids is 2. The Morgan fingerprint density at radius 1 is 1.00 bits per heavy atom. The average Bonchev–Trinajstić information content (AvgIpc) is 3.17. The minimum absolute atomic E-state index is 0.0421. The number of hydrogen-bond donors (Lipinski definition) is 3. The predicted octanol–water partition coefficient (Wildman–Crippen LogP) is 3.70. The zero-order valence-corrected chi connectivity index (χ0v) is 14.6. The molecule has 29 heavy (non-hydrogen) atoms. The van der Waals surface area contributed by atoms with Gasteiger partial charge in [-0.2, -0.15) is 5.10 Å². The summed E-state index contributed by atoms with van der Waals surface area (Å²) in [6.45, 7) is 0. The zero-order chi connectivity index (χ0) is 21.0. The summed E-state index contributed by atoms with van der Waals surface area (Å²) in [5.41, 5.74) is 3.12. The fraction of sp³-hybridized carbons (Fsp3) is 0. The Morgan fingerprint density at radius 3 is 2.17 bits per heavy atom. The summed E-state index contributed by atoms with van der Waals surface area (Å²) < 4.78 is 5.56. The van der Waals surface area contributed by atoms with E-state index in [-0.39, 0.29) is 22.6 Å². The molecular weight excluding hydrogens is 382 g/mol. The van der Waals surface area contributed by atoms with Crippen molar-refractivity contribution < 1.29 is 29.1 Å². The molecule has 0 amide bonds. The van der Waals surface area contributed by atoms with Crippen molar-refractivity contribution in [1.82, 2.24) is 0 Å². The molecule has 1 aromatic heterocycles. The molecule has 0 bridgehead atoms. The largest absolute Gasteiger partial charge is 0.478 e. The summed E-state index contributed by atoms with van der Waals surface area (Å²) in [5, 5.41) is 32.9. The molecule has 0 radical (unpaired) electrons. The third-order valence-electron chi connectivity index (χ3n) is 3.80. The normalized spacial score (nSPS) is 10.8. The number of carboxylic acids is 2. The summed E-state index contributed by atoms with van der Waals surface area (Å²) in [5.74, 6) is -1.91. The molecule has 0 aliphatic rings. The molecule has 1 heterocycles. The lowest BCUT2D eigenvalue weighted by atomic mass is 10.0. The first kappa shape index (κ1) is 19.3. The maximum Gasteiger partial charge on any atom is 0.335 e. The number of nitro groups is 1. The molecule has 3 aromatic rings. The van der Waals surface area contributed by atoms with E-state index >= 15 is 0 Å². The van der Waals surface area contributed by atoms with Crippen molar-refractivity contribution in [3.63, 3.8) is 0 Å². The van der Waals surface area contributed by atoms with Crippen molar-refractivity contribution in [2.24, 2.45) is 5.10 Å². The molecule has 0 atom stereocenters. The third kappa shape index (κ3) is 4.63. The lowest BCUT2D eigenvalue weighted by Crippen LogP contribution is -2.02. The van der Waals surface area contributed by atoms with Crippen molar-refractivity contribution in [2.75, 3.05) is 5.43 Å². The van der Waals surface area contributed by atoms with Gasteiger partial charge in [-0.1, -0.05) is 0 Å². The number of rotatable bonds is 7. The van der Waals surface area contributed by atoms with Crippen molar-refractivity contribution in [2.45, 2.75) is 0 Å². The topological polar surface area (TPSA) is 155 Å². The van der Waals surface area contributed by atoms with Gasteiger partial charge in [0.15, 0.2) is 0 Å². The Bertz CT molecular complexity index is 1080. The Kier molecular flexibility index (Phi) is 5.35. The van der Waals surface area contributed by atoms with Gasteiger partial charge in [-0.15, -0.1) is 0 Å². The highest BCUT2D eigenvalue weighted by Gasteiger charge is 2.14. The van der Waals surface area contributed by atoms with Crippen LogP contribution in [0.15, 0.2) is 64.1 Å². The van der Waals surface area contributed by atoms with Gasteiger partial charge in [0.1, 0.15) is 11.5 Å². The molecule has 0 fully saturated rings. The number of nitrogens with zero attached hydrogens (tertiary/aromatic N) is 2. The molecule has 0 aliphatic heterocycles. The maximum atomic E-state index is 11.2. The molecule has 10 heteroatoms. The molecule has 0 aliphatic carbocycles. The van der Waals surface area contributed by atoms with Crippen molar-refractivity contribution in [3.05, 3.63) is 81.6 Å². The monoisotopic (exact) mass is 395 g/mol. The van der Waals surface area contributed by atoms with E-state index in [0.717, 1.165) is 6.07 Å². The number of carbonyl (C=O) groups is 2. The van der Waals surface area contributed by atoms with Crippen LogP contribution in [0, 0.1) is 10.1 Å². The summed E-state index contributed by atoms with van der Waals surface area (Å²) in [6, 6.07) is 12.5. The van der Waals surface area contributed by atoms with Crippen LogP contribution in [0.1, 0.15) is 26.5 Å². The van der Waals surface area contributed by atoms with E-state index in [1.165, 1.54) is 42.6 Å². The first-order valence-electron chi connectivity index (χ1n) is 8.09. The highest BCUT2D eigenvalue weighted by atomic mass is 16.6. The smallest absolute Gasteiger partial charge is 0.335 e. The minimum atomic E-state index is -1.25. The van der Waals surface area contributed by atoms with Gasteiger partial charge in [-0.3, -0.25) is 15.5 Å². The van der Waals surface area contributed by atoms with Crippen LogP contribution in [-0.2, 0) is 0 Å². The summed E-state index contributed by atoms with van der Waals surface area (Å²) >= 11 is 0. The molecule has 0 saturated carbocycles.